The minimum atomic E-state index is 0.0152. The molecule has 0 aromatic carbocycles. The quantitative estimate of drug-likeness (QED) is 0.394. The summed E-state index contributed by atoms with van der Waals surface area (Å²) in [5.41, 5.74) is 0.446. The van der Waals surface area contributed by atoms with E-state index in [4.69, 9.17) is 14.7 Å². The molecule has 1 heterocycles. The van der Waals surface area contributed by atoms with Gasteiger partial charge in [0.2, 0.25) is 0 Å². The Bertz CT molecular complexity index is 238. The van der Waals surface area contributed by atoms with Crippen molar-refractivity contribution in [2.24, 2.45) is 16.0 Å². The largest absolute Gasteiger partial charge is 0.411 e. The average molecular weight is 183 g/mol. The predicted octanol–water partition coefficient (Wildman–Crippen LogP) is 0.990. The molecule has 0 aromatic rings. The molecule has 1 N–H and O–H groups in total. The van der Waals surface area contributed by atoms with E-state index in [1.165, 1.54) is 0 Å². The average Bonchev–Trinajstić information content (AvgIpc) is 2.45. The number of oxime groups is 1. The first-order valence-corrected chi connectivity index (χ1v) is 4.71. The second-order valence-corrected chi connectivity index (χ2v) is 4.57. The first-order valence-electron chi connectivity index (χ1n) is 4.71. The Balaban J connectivity index is 1.66. The van der Waals surface area contributed by atoms with Gasteiger partial charge >= 0.3 is 0 Å². The summed E-state index contributed by atoms with van der Waals surface area (Å²) < 4.78 is 11.0. The fourth-order valence-electron chi connectivity index (χ4n) is 3.17. The molecule has 4 nitrogen and oxygen atoms in total. The fourth-order valence-corrected chi connectivity index (χ4v) is 3.17. The van der Waals surface area contributed by atoms with E-state index >= 15 is 0 Å². The molecule has 72 valence electrons. The summed E-state index contributed by atoms with van der Waals surface area (Å²) >= 11 is 0. The molecule has 1 saturated heterocycles. The number of rotatable bonds is 2. The van der Waals surface area contributed by atoms with Gasteiger partial charge in [0.15, 0.2) is 6.29 Å². The van der Waals surface area contributed by atoms with Crippen molar-refractivity contribution >= 4 is 6.21 Å². The third-order valence-electron chi connectivity index (χ3n) is 3.57. The number of hydrogen-bond donors (Lipinski definition) is 1. The van der Waals surface area contributed by atoms with Crippen molar-refractivity contribution < 1.29 is 14.7 Å². The Morgan fingerprint density at radius 3 is 2.38 bits per heavy atom. The van der Waals surface area contributed by atoms with Crippen molar-refractivity contribution in [2.45, 2.75) is 25.6 Å². The molecule has 4 rings (SSSR count). The highest BCUT2D eigenvalue weighted by atomic mass is 16.7. The summed E-state index contributed by atoms with van der Waals surface area (Å²) in [7, 11) is 0. The lowest BCUT2D eigenvalue weighted by atomic mass is 9.35. The summed E-state index contributed by atoms with van der Waals surface area (Å²) in [6.07, 6.45) is 4.88. The maximum atomic E-state index is 8.45. The molecule has 4 fully saturated rings. The lowest BCUT2D eigenvalue weighted by molar-refractivity contribution is -0.277. The molecular weight excluding hydrogens is 170 g/mol. The Kier molecular flexibility index (Phi) is 1.34. The summed E-state index contributed by atoms with van der Waals surface area (Å²) in [6.45, 7) is 1.46. The molecule has 0 aromatic heterocycles. The second kappa shape index (κ2) is 2.25. The van der Waals surface area contributed by atoms with E-state index in [1.807, 2.05) is 0 Å². The maximum Gasteiger partial charge on any atom is 0.163 e. The summed E-state index contributed by atoms with van der Waals surface area (Å²) in [6, 6.07) is 0. The topological polar surface area (TPSA) is 51.1 Å². The number of ether oxygens (including phenoxy) is 2. The molecule has 0 amide bonds. The smallest absolute Gasteiger partial charge is 0.163 e. The minimum absolute atomic E-state index is 0.0152. The van der Waals surface area contributed by atoms with Crippen LogP contribution in [0.3, 0.4) is 0 Å². The van der Waals surface area contributed by atoms with Crippen LogP contribution in [-0.2, 0) is 9.47 Å². The van der Waals surface area contributed by atoms with Gasteiger partial charge in [-0.25, -0.2) is 0 Å². The molecule has 0 spiro atoms. The zero-order valence-electron chi connectivity index (χ0n) is 7.40. The highest BCUT2D eigenvalue weighted by molar-refractivity contribution is 5.71. The molecule has 4 heteroatoms. The van der Waals surface area contributed by atoms with E-state index < -0.39 is 0 Å². The van der Waals surface area contributed by atoms with Crippen molar-refractivity contribution in [1.29, 1.82) is 0 Å². The van der Waals surface area contributed by atoms with Crippen LogP contribution in [0.5, 0.6) is 0 Å². The first-order chi connectivity index (χ1) is 6.29. The van der Waals surface area contributed by atoms with Crippen LogP contribution in [0.25, 0.3) is 0 Å². The van der Waals surface area contributed by atoms with Gasteiger partial charge in [-0.2, -0.15) is 0 Å². The van der Waals surface area contributed by atoms with Crippen LogP contribution in [-0.4, -0.2) is 30.9 Å². The summed E-state index contributed by atoms with van der Waals surface area (Å²) in [5.74, 6) is 0. The van der Waals surface area contributed by atoms with Gasteiger partial charge in [0.05, 0.1) is 13.2 Å². The SMILES string of the molecule is O/N=C\C12CC(C3OCCO3)(C1)C2. The highest BCUT2D eigenvalue weighted by Gasteiger charge is 2.71. The van der Waals surface area contributed by atoms with Gasteiger partial charge in [-0.3, -0.25) is 0 Å². The molecule has 0 atom stereocenters. The third kappa shape index (κ3) is 0.849. The number of nitrogens with zero attached hydrogens (tertiary/aromatic N) is 1. The summed E-state index contributed by atoms with van der Waals surface area (Å²) in [4.78, 5) is 0. The Morgan fingerprint density at radius 2 is 1.85 bits per heavy atom. The van der Waals surface area contributed by atoms with E-state index in [0.29, 0.717) is 0 Å². The Morgan fingerprint density at radius 1 is 1.23 bits per heavy atom. The molecule has 0 radical (unpaired) electrons. The van der Waals surface area contributed by atoms with Crippen molar-refractivity contribution in [1.82, 2.24) is 0 Å². The van der Waals surface area contributed by atoms with E-state index in [2.05, 4.69) is 5.16 Å². The first kappa shape index (κ1) is 7.76. The van der Waals surface area contributed by atoms with Gasteiger partial charge in [0.1, 0.15) is 0 Å². The summed E-state index contributed by atoms with van der Waals surface area (Å²) in [5, 5.41) is 11.6. The normalized spacial score (nSPS) is 49.2. The van der Waals surface area contributed by atoms with Gasteiger partial charge in [-0.05, 0) is 19.3 Å². The molecule has 13 heavy (non-hydrogen) atoms. The van der Waals surface area contributed by atoms with Crippen molar-refractivity contribution in [3.63, 3.8) is 0 Å². The monoisotopic (exact) mass is 183 g/mol. The molecule has 3 aliphatic carbocycles. The number of hydrogen-bond acceptors (Lipinski definition) is 4. The molecule has 1 aliphatic heterocycles. The molecule has 0 unspecified atom stereocenters. The van der Waals surface area contributed by atoms with Crippen molar-refractivity contribution in [3.8, 4) is 0 Å². The molecule has 2 bridgehead atoms. The van der Waals surface area contributed by atoms with Crippen LogP contribution in [0.4, 0.5) is 0 Å². The molecular formula is C9H13NO3. The highest BCUT2D eigenvalue weighted by Crippen LogP contribution is 2.74. The molecule has 3 saturated carbocycles. The van der Waals surface area contributed by atoms with E-state index in [0.717, 1.165) is 32.5 Å². The van der Waals surface area contributed by atoms with Crippen LogP contribution >= 0.6 is 0 Å². The van der Waals surface area contributed by atoms with Gasteiger partial charge in [0.25, 0.3) is 0 Å². The van der Waals surface area contributed by atoms with Crippen molar-refractivity contribution in [2.75, 3.05) is 13.2 Å². The zero-order chi connectivity index (χ0) is 8.94. The van der Waals surface area contributed by atoms with E-state index in [-0.39, 0.29) is 17.1 Å². The van der Waals surface area contributed by atoms with E-state index in [1.54, 1.807) is 6.21 Å². The maximum absolute atomic E-state index is 8.45. The fraction of sp³-hybridized carbons (Fsp3) is 0.889. The second-order valence-electron chi connectivity index (χ2n) is 4.57. The van der Waals surface area contributed by atoms with Gasteiger partial charge < -0.3 is 14.7 Å². The van der Waals surface area contributed by atoms with Crippen molar-refractivity contribution in [3.05, 3.63) is 0 Å². The van der Waals surface area contributed by atoms with Crippen LogP contribution in [0.15, 0.2) is 5.16 Å². The third-order valence-corrected chi connectivity index (χ3v) is 3.57. The van der Waals surface area contributed by atoms with Crippen LogP contribution in [0.2, 0.25) is 0 Å². The van der Waals surface area contributed by atoms with Gasteiger partial charge in [0, 0.05) is 17.0 Å². The Labute approximate surface area is 76.5 Å². The van der Waals surface area contributed by atoms with Gasteiger partial charge in [-0.15, -0.1) is 5.16 Å². The lowest BCUT2D eigenvalue weighted by Crippen LogP contribution is -2.67. The van der Waals surface area contributed by atoms with E-state index in [9.17, 15) is 0 Å². The predicted molar refractivity (Wildman–Crippen MR) is 44.7 cm³/mol. The van der Waals surface area contributed by atoms with Gasteiger partial charge in [-0.1, -0.05) is 0 Å². The standard InChI is InChI=1S/C9H13NO3/c11-10-6-8-3-9(4-8,5-8)7-12-1-2-13-7/h6-7,11H,1-5H2/b10-6-. The van der Waals surface area contributed by atoms with Crippen LogP contribution < -0.4 is 0 Å². The Hall–Kier alpha value is -0.610. The lowest BCUT2D eigenvalue weighted by Gasteiger charge is -2.70. The van der Waals surface area contributed by atoms with Crippen LogP contribution in [0.1, 0.15) is 19.3 Å². The minimum Gasteiger partial charge on any atom is -0.411 e. The van der Waals surface area contributed by atoms with Crippen LogP contribution in [0, 0.1) is 10.8 Å². The molecule has 4 aliphatic rings. The zero-order valence-corrected chi connectivity index (χ0v) is 7.40.